The van der Waals surface area contributed by atoms with Crippen LogP contribution < -0.4 is 5.32 Å². The lowest BCUT2D eigenvalue weighted by Gasteiger charge is -2.29. The van der Waals surface area contributed by atoms with Crippen LogP contribution in [0.5, 0.6) is 0 Å². The van der Waals surface area contributed by atoms with Crippen LogP contribution >= 0.6 is 0 Å². The fourth-order valence-corrected chi connectivity index (χ4v) is 3.46. The number of imide groups is 1. The van der Waals surface area contributed by atoms with Crippen molar-refractivity contribution in [3.05, 3.63) is 34.9 Å². The zero-order valence-corrected chi connectivity index (χ0v) is 13.8. The average molecular weight is 344 g/mol. The number of carbonyl (C=O) groups is 4. The molecule has 3 amide bonds. The van der Waals surface area contributed by atoms with Gasteiger partial charge >= 0.3 is 5.97 Å². The summed E-state index contributed by atoms with van der Waals surface area (Å²) < 4.78 is 0. The Morgan fingerprint density at radius 2 is 1.76 bits per heavy atom. The normalized spacial score (nSPS) is 17.5. The lowest BCUT2D eigenvalue weighted by Crippen LogP contribution is -2.40. The average Bonchev–Trinajstić information content (AvgIpc) is 2.86. The molecule has 0 saturated heterocycles. The third-order valence-corrected chi connectivity index (χ3v) is 4.74. The van der Waals surface area contributed by atoms with Crippen molar-refractivity contribution in [2.24, 2.45) is 0 Å². The van der Waals surface area contributed by atoms with Gasteiger partial charge < -0.3 is 10.4 Å². The van der Waals surface area contributed by atoms with Gasteiger partial charge in [0.15, 0.2) is 0 Å². The summed E-state index contributed by atoms with van der Waals surface area (Å²) in [6.07, 6.45) is 4.62. The zero-order chi connectivity index (χ0) is 18.0. The van der Waals surface area contributed by atoms with Gasteiger partial charge in [-0.15, -0.1) is 0 Å². The van der Waals surface area contributed by atoms with Gasteiger partial charge in [0.05, 0.1) is 17.5 Å². The summed E-state index contributed by atoms with van der Waals surface area (Å²) in [5.41, 5.74) is 0.829. The highest BCUT2D eigenvalue weighted by molar-refractivity contribution is 6.22. The van der Waals surface area contributed by atoms with Crippen LogP contribution in [0.3, 0.4) is 0 Å². The van der Waals surface area contributed by atoms with Gasteiger partial charge in [-0.05, 0) is 31.0 Å². The monoisotopic (exact) mass is 344 g/mol. The van der Waals surface area contributed by atoms with E-state index in [1.54, 1.807) is 0 Å². The summed E-state index contributed by atoms with van der Waals surface area (Å²) >= 11 is 0. The first-order valence-corrected chi connectivity index (χ1v) is 8.51. The number of hydrogen-bond acceptors (Lipinski definition) is 4. The number of carbonyl (C=O) groups excluding carboxylic acids is 3. The van der Waals surface area contributed by atoms with Crippen LogP contribution in [-0.4, -0.2) is 46.3 Å². The van der Waals surface area contributed by atoms with Crippen molar-refractivity contribution >= 4 is 23.7 Å². The van der Waals surface area contributed by atoms with E-state index in [0.29, 0.717) is 5.56 Å². The Balaban J connectivity index is 1.77. The minimum absolute atomic E-state index is 0.00628. The molecule has 0 radical (unpaired) electrons. The van der Waals surface area contributed by atoms with Crippen molar-refractivity contribution in [1.82, 2.24) is 10.2 Å². The predicted octanol–water partition coefficient (Wildman–Crippen LogP) is 1.82. The van der Waals surface area contributed by atoms with Gasteiger partial charge in [0, 0.05) is 18.2 Å². The number of aliphatic carboxylic acids is 1. The highest BCUT2D eigenvalue weighted by Gasteiger charge is 2.40. The second kappa shape index (κ2) is 7.04. The van der Waals surface area contributed by atoms with E-state index in [9.17, 15) is 19.2 Å². The lowest BCUT2D eigenvalue weighted by molar-refractivity contribution is -0.136. The molecule has 0 atom stereocenters. The van der Waals surface area contributed by atoms with Crippen molar-refractivity contribution in [3.63, 3.8) is 0 Å². The molecule has 1 fully saturated rings. The fraction of sp³-hybridized carbons (Fsp3) is 0.444. The van der Waals surface area contributed by atoms with E-state index in [1.807, 2.05) is 0 Å². The molecular weight excluding hydrogens is 324 g/mol. The van der Waals surface area contributed by atoms with Gasteiger partial charge in [0.25, 0.3) is 17.7 Å². The van der Waals surface area contributed by atoms with Crippen molar-refractivity contribution in [2.75, 3.05) is 6.54 Å². The van der Waals surface area contributed by atoms with Gasteiger partial charge in [-0.2, -0.15) is 0 Å². The highest BCUT2D eigenvalue weighted by atomic mass is 16.4. The summed E-state index contributed by atoms with van der Waals surface area (Å²) in [7, 11) is 0. The topological polar surface area (TPSA) is 104 Å². The predicted molar refractivity (Wildman–Crippen MR) is 88.4 cm³/mol. The molecule has 3 rings (SSSR count). The largest absolute Gasteiger partial charge is 0.481 e. The number of carboxylic acid groups (broad SMARTS) is 1. The summed E-state index contributed by atoms with van der Waals surface area (Å²) in [5.74, 6) is -2.09. The number of nitrogens with zero attached hydrogens (tertiary/aromatic N) is 1. The Kier molecular flexibility index (Phi) is 4.83. The molecule has 1 saturated carbocycles. The summed E-state index contributed by atoms with van der Waals surface area (Å²) in [6, 6.07) is 4.36. The molecule has 0 unspecified atom stereocenters. The second-order valence-electron chi connectivity index (χ2n) is 6.43. The Morgan fingerprint density at radius 3 is 2.44 bits per heavy atom. The van der Waals surface area contributed by atoms with Crippen molar-refractivity contribution in [3.8, 4) is 0 Å². The van der Waals surface area contributed by atoms with Crippen LogP contribution in [0.2, 0.25) is 0 Å². The maximum Gasteiger partial charge on any atom is 0.305 e. The van der Waals surface area contributed by atoms with Gasteiger partial charge in [0.2, 0.25) is 0 Å². The van der Waals surface area contributed by atoms with Crippen LogP contribution in [0.15, 0.2) is 18.2 Å². The van der Waals surface area contributed by atoms with E-state index >= 15 is 0 Å². The first kappa shape index (κ1) is 17.1. The van der Waals surface area contributed by atoms with Gasteiger partial charge in [0.1, 0.15) is 0 Å². The molecule has 132 valence electrons. The molecule has 1 aromatic rings. The van der Waals surface area contributed by atoms with Crippen LogP contribution in [0.1, 0.15) is 69.6 Å². The maximum atomic E-state index is 12.7. The van der Waals surface area contributed by atoms with E-state index in [0.717, 1.165) is 32.1 Å². The summed E-state index contributed by atoms with van der Waals surface area (Å²) in [4.78, 5) is 49.2. The number of amides is 3. The van der Waals surface area contributed by atoms with Gasteiger partial charge in [-0.3, -0.25) is 24.1 Å². The number of benzene rings is 1. The molecule has 1 aliphatic heterocycles. The first-order chi connectivity index (χ1) is 12.0. The Labute approximate surface area is 145 Å². The first-order valence-electron chi connectivity index (χ1n) is 8.51. The fourth-order valence-electron chi connectivity index (χ4n) is 3.46. The Morgan fingerprint density at radius 1 is 1.08 bits per heavy atom. The van der Waals surface area contributed by atoms with Gasteiger partial charge in [-0.25, -0.2) is 0 Å². The molecule has 1 aliphatic carbocycles. The molecule has 0 spiro atoms. The van der Waals surface area contributed by atoms with Crippen LogP contribution in [0.25, 0.3) is 0 Å². The lowest BCUT2D eigenvalue weighted by atomic mass is 9.94. The second-order valence-corrected chi connectivity index (χ2v) is 6.43. The number of hydrogen-bond donors (Lipinski definition) is 2. The van der Waals surface area contributed by atoms with E-state index in [2.05, 4.69) is 5.32 Å². The molecule has 25 heavy (non-hydrogen) atoms. The summed E-state index contributed by atoms with van der Waals surface area (Å²) in [5, 5.41) is 11.1. The minimum atomic E-state index is -1.00. The number of fused-ring (bicyclic) bond motifs is 1. The number of rotatable bonds is 5. The van der Waals surface area contributed by atoms with Crippen molar-refractivity contribution in [1.29, 1.82) is 0 Å². The minimum Gasteiger partial charge on any atom is -0.481 e. The van der Waals surface area contributed by atoms with Crippen LogP contribution in [-0.2, 0) is 4.79 Å². The maximum absolute atomic E-state index is 12.7. The Bertz CT molecular complexity index is 737. The summed E-state index contributed by atoms with van der Waals surface area (Å²) in [6.45, 7) is 0.00628. The number of carboxylic acids is 1. The third kappa shape index (κ3) is 3.40. The Hall–Kier alpha value is -2.70. The smallest absolute Gasteiger partial charge is 0.305 e. The van der Waals surface area contributed by atoms with Crippen molar-refractivity contribution in [2.45, 2.75) is 44.6 Å². The molecule has 2 aliphatic rings. The quantitative estimate of drug-likeness (QED) is 0.793. The van der Waals surface area contributed by atoms with Crippen molar-refractivity contribution < 1.29 is 24.3 Å². The van der Waals surface area contributed by atoms with E-state index in [1.165, 1.54) is 23.1 Å². The molecule has 1 heterocycles. The molecule has 2 N–H and O–H groups in total. The molecule has 7 heteroatoms. The number of nitrogens with one attached hydrogen (secondary N) is 1. The standard InChI is InChI=1S/C18H20N2O5/c21-15(22)8-9-19-16(23)11-6-7-13-14(10-11)18(25)20(17(13)24)12-4-2-1-3-5-12/h6-7,10,12H,1-5,8-9H2,(H,19,23)(H,21,22). The van der Waals surface area contributed by atoms with Crippen LogP contribution in [0, 0.1) is 0 Å². The third-order valence-electron chi connectivity index (χ3n) is 4.74. The molecule has 7 nitrogen and oxygen atoms in total. The zero-order valence-electron chi connectivity index (χ0n) is 13.8. The van der Waals surface area contributed by atoms with Gasteiger partial charge in [-0.1, -0.05) is 19.3 Å². The molecule has 0 aromatic heterocycles. The van der Waals surface area contributed by atoms with E-state index < -0.39 is 11.9 Å². The highest BCUT2D eigenvalue weighted by Crippen LogP contribution is 2.31. The molecular formula is C18H20N2O5. The van der Waals surface area contributed by atoms with E-state index in [-0.39, 0.29) is 41.9 Å². The van der Waals surface area contributed by atoms with E-state index in [4.69, 9.17) is 5.11 Å². The van der Waals surface area contributed by atoms with Crippen LogP contribution in [0.4, 0.5) is 0 Å². The molecule has 0 bridgehead atoms. The SMILES string of the molecule is O=C(O)CCNC(=O)c1ccc2c(c1)C(=O)N(C1CCCCC1)C2=O. The molecule has 1 aromatic carbocycles.